The number of benzene rings is 2. The number of rotatable bonds is 10. The molecule has 0 aromatic heterocycles. The van der Waals surface area contributed by atoms with Crippen molar-refractivity contribution >= 4 is 13.6 Å². The molecule has 0 saturated carbocycles. The lowest BCUT2D eigenvalue weighted by atomic mass is 10.3. The number of hydrogen-bond donors (Lipinski definition) is 3. The number of aliphatic carboxylic acids is 1. The monoisotopic (exact) mass is 412 g/mol. The molecule has 0 heterocycles. The van der Waals surface area contributed by atoms with Crippen LogP contribution in [0.15, 0.2) is 48.5 Å². The third-order valence-electron chi connectivity index (χ3n) is 3.47. The zero-order chi connectivity index (χ0) is 20.8. The summed E-state index contributed by atoms with van der Waals surface area (Å²) >= 11 is 0. The predicted molar refractivity (Wildman–Crippen MR) is 95.0 cm³/mol. The van der Waals surface area contributed by atoms with Gasteiger partial charge in [-0.25, -0.2) is 9.88 Å². The van der Waals surface area contributed by atoms with Gasteiger partial charge in [0.05, 0.1) is 20.2 Å². The molecule has 0 amide bonds. The van der Waals surface area contributed by atoms with Gasteiger partial charge in [-0.1, -0.05) is 24.3 Å². The van der Waals surface area contributed by atoms with Crippen LogP contribution in [0, 0.1) is 0 Å². The van der Waals surface area contributed by atoms with E-state index in [2.05, 4.69) is 5.32 Å². The molecule has 0 atom stereocenters. The second-order valence-electron chi connectivity index (χ2n) is 5.36. The molecule has 0 unspecified atom stereocenters. The first-order valence-corrected chi connectivity index (χ1v) is 9.48. The standard InChI is InChI=1S/C17H20NO9P/c1-24-12-7-3-5-9-14(12)26-17(28(21,22)23,18-11-16(19)20)27-15-10-6-4-8-13(15)25-2/h3-10,18H,11H2,1-2H3,(H,19,20)(H2,21,22,23)/p-1. The van der Waals surface area contributed by atoms with E-state index in [0.29, 0.717) is 0 Å². The van der Waals surface area contributed by atoms with E-state index in [0.717, 1.165) is 0 Å². The third-order valence-corrected chi connectivity index (χ3v) is 4.58. The molecule has 11 heteroatoms. The fraction of sp³-hybridized carbons (Fsp3) is 0.235. The van der Waals surface area contributed by atoms with Gasteiger partial charge < -0.3 is 38.6 Å². The lowest BCUT2D eigenvalue weighted by Gasteiger charge is -2.35. The summed E-state index contributed by atoms with van der Waals surface area (Å²) in [6, 6.07) is 12.0. The molecule has 2 rings (SSSR count). The van der Waals surface area contributed by atoms with Gasteiger partial charge in [0.2, 0.25) is 0 Å². The van der Waals surface area contributed by atoms with E-state index in [1.54, 1.807) is 12.1 Å². The number of carboxylic acids is 1. The van der Waals surface area contributed by atoms with Gasteiger partial charge in [0, 0.05) is 6.54 Å². The summed E-state index contributed by atoms with van der Waals surface area (Å²) in [5, 5.41) is 13.0. The smallest absolute Gasteiger partial charge is 0.428 e. The number of nitrogens with one attached hydrogen (secondary N) is 1. The highest BCUT2D eigenvalue weighted by Gasteiger charge is 2.54. The van der Waals surface area contributed by atoms with Gasteiger partial charge in [0.1, 0.15) is 0 Å². The lowest BCUT2D eigenvalue weighted by molar-refractivity contribution is -0.305. The molecule has 152 valence electrons. The largest absolute Gasteiger partial charge is 0.549 e. The second-order valence-corrected chi connectivity index (χ2v) is 7.03. The maximum atomic E-state index is 12.4. The fourth-order valence-corrected chi connectivity index (χ4v) is 2.92. The molecule has 3 N–H and O–H groups in total. The number of ether oxygens (including phenoxy) is 4. The SMILES string of the molecule is COc1ccccc1OC(NCC(=O)[O-])(Oc1ccccc1OC)P(=O)(O)O. The van der Waals surface area contributed by atoms with Crippen molar-refractivity contribution in [3.05, 3.63) is 48.5 Å². The van der Waals surface area contributed by atoms with Crippen LogP contribution >= 0.6 is 7.60 Å². The van der Waals surface area contributed by atoms with Crippen molar-refractivity contribution in [2.24, 2.45) is 0 Å². The van der Waals surface area contributed by atoms with E-state index in [1.165, 1.54) is 50.6 Å². The Morgan fingerprint density at radius 1 is 0.964 bits per heavy atom. The van der Waals surface area contributed by atoms with E-state index in [-0.39, 0.29) is 23.0 Å². The summed E-state index contributed by atoms with van der Waals surface area (Å²) < 4.78 is 33.5. The minimum atomic E-state index is -5.31. The van der Waals surface area contributed by atoms with E-state index in [9.17, 15) is 24.3 Å². The van der Waals surface area contributed by atoms with E-state index >= 15 is 0 Å². The van der Waals surface area contributed by atoms with Crippen molar-refractivity contribution in [2.75, 3.05) is 20.8 Å². The maximum absolute atomic E-state index is 12.4. The number of methoxy groups -OCH3 is 2. The van der Waals surface area contributed by atoms with Gasteiger partial charge in [-0.15, -0.1) is 0 Å². The van der Waals surface area contributed by atoms with Crippen LogP contribution in [0.25, 0.3) is 0 Å². The maximum Gasteiger partial charge on any atom is 0.428 e. The van der Waals surface area contributed by atoms with Crippen molar-refractivity contribution in [1.82, 2.24) is 5.32 Å². The summed E-state index contributed by atoms with van der Waals surface area (Å²) in [6.45, 7) is -0.977. The molecule has 2 aromatic carbocycles. The number of hydrogen-bond acceptors (Lipinski definition) is 8. The minimum Gasteiger partial charge on any atom is -0.549 e. The first kappa shape index (κ1) is 21.5. The molecule has 0 aliphatic rings. The van der Waals surface area contributed by atoms with E-state index in [4.69, 9.17) is 18.9 Å². The molecule has 0 spiro atoms. The van der Waals surface area contributed by atoms with Gasteiger partial charge >= 0.3 is 13.2 Å². The Labute approximate surface area is 160 Å². The zero-order valence-corrected chi connectivity index (χ0v) is 15.9. The summed E-state index contributed by atoms with van der Waals surface area (Å²) in [5.74, 6) is -1.56. The Morgan fingerprint density at radius 2 is 1.36 bits per heavy atom. The summed E-state index contributed by atoms with van der Waals surface area (Å²) in [7, 11) is -2.65. The molecular formula is C17H19NO9P-. The van der Waals surface area contributed by atoms with Crippen LogP contribution in [0.5, 0.6) is 23.0 Å². The van der Waals surface area contributed by atoms with Crippen LogP contribution in [-0.4, -0.2) is 42.2 Å². The molecule has 10 nitrogen and oxygen atoms in total. The summed E-state index contributed by atoms with van der Waals surface area (Å²) in [5.41, 5.74) is -2.91. The first-order chi connectivity index (χ1) is 13.2. The van der Waals surface area contributed by atoms with Crippen LogP contribution in [0.2, 0.25) is 0 Å². The Hall–Kier alpha value is -2.78. The van der Waals surface area contributed by atoms with Crippen molar-refractivity contribution in [3.63, 3.8) is 0 Å². The quantitative estimate of drug-likeness (QED) is 0.367. The molecule has 2 aromatic rings. The zero-order valence-electron chi connectivity index (χ0n) is 15.0. The van der Waals surface area contributed by atoms with E-state index < -0.39 is 25.8 Å². The van der Waals surface area contributed by atoms with Crippen LogP contribution in [0.1, 0.15) is 0 Å². The lowest BCUT2D eigenvalue weighted by Crippen LogP contribution is -2.57. The van der Waals surface area contributed by atoms with Crippen LogP contribution in [-0.2, 0) is 9.36 Å². The highest BCUT2D eigenvalue weighted by Crippen LogP contribution is 2.52. The van der Waals surface area contributed by atoms with Crippen LogP contribution in [0.3, 0.4) is 0 Å². The molecule has 28 heavy (non-hydrogen) atoms. The number of carbonyl (C=O) groups is 1. The molecule has 0 bridgehead atoms. The molecule has 0 saturated heterocycles. The average Bonchev–Trinajstić information content (AvgIpc) is 2.66. The number of para-hydroxylation sites is 4. The Kier molecular flexibility index (Phi) is 6.87. The molecule has 0 fully saturated rings. The van der Waals surface area contributed by atoms with E-state index in [1.807, 2.05) is 0 Å². The number of carbonyl (C=O) groups excluding carboxylic acids is 1. The molecule has 0 radical (unpaired) electrons. The Bertz CT molecular complexity index is 818. The Balaban J connectivity index is 2.57. The highest BCUT2D eigenvalue weighted by atomic mass is 31.2. The normalized spacial score (nSPS) is 11.6. The average molecular weight is 412 g/mol. The molecular weight excluding hydrogens is 393 g/mol. The van der Waals surface area contributed by atoms with Crippen molar-refractivity contribution in [1.29, 1.82) is 0 Å². The third kappa shape index (κ3) is 4.93. The van der Waals surface area contributed by atoms with Crippen LogP contribution in [0.4, 0.5) is 0 Å². The minimum absolute atomic E-state index is 0.103. The highest BCUT2D eigenvalue weighted by molar-refractivity contribution is 7.53. The second kappa shape index (κ2) is 8.94. The van der Waals surface area contributed by atoms with Gasteiger partial charge in [0.25, 0.3) is 0 Å². The van der Waals surface area contributed by atoms with Crippen molar-refractivity contribution in [2.45, 2.75) is 5.65 Å². The summed E-state index contributed by atoms with van der Waals surface area (Å²) in [4.78, 5) is 30.9. The summed E-state index contributed by atoms with van der Waals surface area (Å²) in [6.07, 6.45) is 0. The predicted octanol–water partition coefficient (Wildman–Crippen LogP) is 0.290. The number of carboxylic acid groups (broad SMARTS) is 1. The fourth-order valence-electron chi connectivity index (χ4n) is 2.20. The van der Waals surface area contributed by atoms with Crippen molar-refractivity contribution in [3.8, 4) is 23.0 Å². The Morgan fingerprint density at radius 3 is 1.68 bits per heavy atom. The van der Waals surface area contributed by atoms with Gasteiger partial charge in [-0.05, 0) is 24.3 Å². The molecule has 0 aliphatic carbocycles. The molecule has 0 aliphatic heterocycles. The van der Waals surface area contributed by atoms with Crippen molar-refractivity contribution < 1.29 is 43.2 Å². The van der Waals surface area contributed by atoms with Gasteiger partial charge in [-0.3, -0.25) is 0 Å². The van der Waals surface area contributed by atoms with Gasteiger partial charge in [0.15, 0.2) is 23.0 Å². The van der Waals surface area contributed by atoms with Gasteiger partial charge in [-0.2, -0.15) is 0 Å². The van der Waals surface area contributed by atoms with Crippen LogP contribution < -0.4 is 29.4 Å². The topological polar surface area (TPSA) is 147 Å². The first-order valence-electron chi connectivity index (χ1n) is 7.87.